The molecule has 0 amide bonds. The number of para-hydroxylation sites is 2. The number of hydrogen-bond donors (Lipinski definition) is 0. The van der Waals surface area contributed by atoms with Crippen LogP contribution in [0.25, 0.3) is 68.1 Å². The predicted molar refractivity (Wildman–Crippen MR) is 233 cm³/mol. The summed E-state index contributed by atoms with van der Waals surface area (Å²) in [5.41, 5.74) is 13.0. The fourth-order valence-corrected chi connectivity index (χ4v) is 10.1. The van der Waals surface area contributed by atoms with E-state index in [9.17, 15) is 0 Å². The van der Waals surface area contributed by atoms with E-state index in [1.165, 1.54) is 44.7 Å². The van der Waals surface area contributed by atoms with E-state index in [4.69, 9.17) is 19.7 Å². The van der Waals surface area contributed by atoms with Crippen molar-refractivity contribution in [1.82, 2.24) is 15.0 Å². The van der Waals surface area contributed by atoms with Crippen molar-refractivity contribution in [3.05, 3.63) is 209 Å². The Hall–Kier alpha value is -7.17. The van der Waals surface area contributed by atoms with Gasteiger partial charge in [-0.1, -0.05) is 170 Å². The number of fused-ring (bicyclic) bond motifs is 11. The van der Waals surface area contributed by atoms with E-state index in [-0.39, 0.29) is 0 Å². The van der Waals surface area contributed by atoms with Gasteiger partial charge in [0, 0.05) is 33.4 Å². The minimum absolute atomic E-state index is 0.557. The van der Waals surface area contributed by atoms with Crippen LogP contribution in [0, 0.1) is 5.92 Å². The van der Waals surface area contributed by atoms with Gasteiger partial charge in [0.1, 0.15) is 11.5 Å². The Kier molecular flexibility index (Phi) is 7.36. The molecule has 1 unspecified atom stereocenters. The third-order valence-corrected chi connectivity index (χ3v) is 12.7. The lowest BCUT2D eigenvalue weighted by molar-refractivity contribution is 0.438. The first-order valence-electron chi connectivity index (χ1n) is 20.3. The summed E-state index contributed by atoms with van der Waals surface area (Å²) in [6.45, 7) is 0. The van der Waals surface area contributed by atoms with E-state index in [0.717, 1.165) is 63.3 Å². The van der Waals surface area contributed by atoms with Gasteiger partial charge in [-0.2, -0.15) is 0 Å². The molecule has 8 aromatic rings. The number of ether oxygens (including phenoxy) is 1. The Morgan fingerprint density at radius 2 is 1.12 bits per heavy atom. The molecule has 0 saturated heterocycles. The number of allylic oxidation sites excluding steroid dienone is 2. The van der Waals surface area contributed by atoms with Gasteiger partial charge in [-0.3, -0.25) is 0 Å². The zero-order chi connectivity index (χ0) is 38.2. The Bertz CT molecular complexity index is 3100. The van der Waals surface area contributed by atoms with Crippen molar-refractivity contribution in [2.24, 2.45) is 5.92 Å². The molecule has 12 rings (SSSR count). The van der Waals surface area contributed by atoms with Crippen molar-refractivity contribution >= 4 is 11.6 Å². The minimum atomic E-state index is -0.557. The molecule has 4 nitrogen and oxygen atoms in total. The lowest BCUT2D eigenvalue weighted by atomic mass is 9.65. The van der Waals surface area contributed by atoms with Crippen molar-refractivity contribution in [2.75, 3.05) is 0 Å². The number of aromatic nitrogens is 3. The summed E-state index contributed by atoms with van der Waals surface area (Å²) in [5.74, 6) is 4.21. The second-order valence-corrected chi connectivity index (χ2v) is 15.7. The highest BCUT2D eigenvalue weighted by Gasteiger charge is 2.51. The average molecular weight is 744 g/mol. The van der Waals surface area contributed by atoms with E-state index >= 15 is 0 Å². The summed E-state index contributed by atoms with van der Waals surface area (Å²) in [4.78, 5) is 15.7. The van der Waals surface area contributed by atoms with Gasteiger partial charge in [-0.15, -0.1) is 0 Å². The highest BCUT2D eigenvalue weighted by atomic mass is 16.5. The molecule has 7 aromatic carbocycles. The van der Waals surface area contributed by atoms with Crippen LogP contribution in [-0.4, -0.2) is 15.0 Å². The zero-order valence-corrected chi connectivity index (χ0v) is 31.8. The third-order valence-electron chi connectivity index (χ3n) is 12.7. The lowest BCUT2D eigenvalue weighted by Gasteiger charge is -2.40. The molecule has 0 N–H and O–H groups in total. The molecule has 4 aliphatic rings. The molecule has 3 aliphatic carbocycles. The Balaban J connectivity index is 1.07. The molecule has 58 heavy (non-hydrogen) atoms. The largest absolute Gasteiger partial charge is 0.456 e. The molecule has 1 aliphatic heterocycles. The van der Waals surface area contributed by atoms with E-state index in [1.54, 1.807) is 0 Å². The van der Waals surface area contributed by atoms with Crippen LogP contribution < -0.4 is 15.2 Å². The Labute approximate surface area is 337 Å². The second kappa shape index (κ2) is 12.9. The normalized spacial score (nSPS) is 16.2. The van der Waals surface area contributed by atoms with E-state index in [0.29, 0.717) is 23.4 Å². The molecular formula is C54H37N3O. The maximum absolute atomic E-state index is 7.08. The number of nitrogens with zero attached hydrogens (tertiary/aromatic N) is 3. The molecule has 1 aromatic heterocycles. The monoisotopic (exact) mass is 743 g/mol. The fourth-order valence-electron chi connectivity index (χ4n) is 10.1. The SMILES string of the molecule is C1=CC2=c3ccc(-c4nc(-c5ccccc5)nc(-c5ccccc5-c5cccc6c5Oc5ccccc5C65c6ccccc6-c6ccccc65)n4)cc3=CCC2CC1. The number of benzene rings is 7. The van der Waals surface area contributed by atoms with E-state index in [1.807, 2.05) is 18.2 Å². The van der Waals surface area contributed by atoms with Gasteiger partial charge >= 0.3 is 0 Å². The van der Waals surface area contributed by atoms with Crippen LogP contribution in [0.15, 0.2) is 176 Å². The Morgan fingerprint density at radius 3 is 1.91 bits per heavy atom. The standard InChI is InChI=1S/C54H37N3O/c1-2-16-35(17-3-1)51-55-52(37-31-32-39-36(33-37)30-29-34-15-4-5-18-38(34)39)57-53(56-51)44-22-7-6-19-40(44)43-23-14-27-48-50(43)58-49-28-13-12-26-47(49)54(48)45-24-10-8-20-41(45)42-21-9-11-25-46(42)54/h1-3,5-14,16-28,30-34H,4,15,29H2. The van der Waals surface area contributed by atoms with Crippen LogP contribution in [-0.2, 0) is 5.41 Å². The summed E-state index contributed by atoms with van der Waals surface area (Å²) in [6.07, 6.45) is 10.5. The third kappa shape index (κ3) is 4.85. The van der Waals surface area contributed by atoms with Crippen LogP contribution in [0.3, 0.4) is 0 Å². The molecule has 4 heteroatoms. The molecule has 274 valence electrons. The molecule has 0 bridgehead atoms. The van der Waals surface area contributed by atoms with Crippen LogP contribution in [0.1, 0.15) is 41.5 Å². The van der Waals surface area contributed by atoms with Crippen LogP contribution in [0.5, 0.6) is 11.5 Å². The Morgan fingerprint density at radius 1 is 0.500 bits per heavy atom. The van der Waals surface area contributed by atoms with Crippen molar-refractivity contribution in [3.63, 3.8) is 0 Å². The maximum Gasteiger partial charge on any atom is 0.164 e. The summed E-state index contributed by atoms with van der Waals surface area (Å²) < 4.78 is 7.08. The minimum Gasteiger partial charge on any atom is -0.456 e. The van der Waals surface area contributed by atoms with E-state index < -0.39 is 5.41 Å². The molecule has 1 spiro atoms. The van der Waals surface area contributed by atoms with Crippen molar-refractivity contribution in [2.45, 2.75) is 24.7 Å². The molecule has 1 atom stereocenters. The molecule has 0 radical (unpaired) electrons. The smallest absolute Gasteiger partial charge is 0.164 e. The van der Waals surface area contributed by atoms with Gasteiger partial charge in [0.15, 0.2) is 17.5 Å². The summed E-state index contributed by atoms with van der Waals surface area (Å²) >= 11 is 0. The van der Waals surface area contributed by atoms with Crippen molar-refractivity contribution in [1.29, 1.82) is 0 Å². The molecular weight excluding hydrogens is 707 g/mol. The number of rotatable bonds is 4. The van der Waals surface area contributed by atoms with Crippen LogP contribution in [0.4, 0.5) is 0 Å². The van der Waals surface area contributed by atoms with Crippen molar-refractivity contribution < 1.29 is 4.74 Å². The van der Waals surface area contributed by atoms with Gasteiger partial charge < -0.3 is 4.74 Å². The molecule has 0 saturated carbocycles. The molecule has 2 heterocycles. The van der Waals surface area contributed by atoms with Crippen molar-refractivity contribution in [3.8, 4) is 67.9 Å². The maximum atomic E-state index is 7.08. The predicted octanol–water partition coefficient (Wildman–Crippen LogP) is 11.3. The van der Waals surface area contributed by atoms with E-state index in [2.05, 4.69) is 164 Å². The highest BCUT2D eigenvalue weighted by molar-refractivity contribution is 5.92. The van der Waals surface area contributed by atoms with Gasteiger partial charge in [-0.25, -0.2) is 15.0 Å². The topological polar surface area (TPSA) is 47.9 Å². The van der Waals surface area contributed by atoms with Gasteiger partial charge in [-0.05, 0) is 81.1 Å². The first kappa shape index (κ1) is 33.0. The molecule has 0 fully saturated rings. The highest BCUT2D eigenvalue weighted by Crippen LogP contribution is 2.63. The van der Waals surface area contributed by atoms with Gasteiger partial charge in [0.2, 0.25) is 0 Å². The second-order valence-electron chi connectivity index (χ2n) is 15.7. The van der Waals surface area contributed by atoms with Crippen LogP contribution >= 0.6 is 0 Å². The average Bonchev–Trinajstić information content (AvgIpc) is 3.59. The fraction of sp³-hybridized carbons (Fsp3) is 0.0926. The summed E-state index contributed by atoms with van der Waals surface area (Å²) in [6, 6.07) is 58.2. The zero-order valence-electron chi connectivity index (χ0n) is 31.8. The summed E-state index contributed by atoms with van der Waals surface area (Å²) in [5, 5.41) is 2.57. The number of hydrogen-bond acceptors (Lipinski definition) is 4. The van der Waals surface area contributed by atoms with Gasteiger partial charge in [0.05, 0.1) is 5.41 Å². The lowest BCUT2D eigenvalue weighted by Crippen LogP contribution is -2.33. The first-order chi connectivity index (χ1) is 28.8. The quantitative estimate of drug-likeness (QED) is 0.180. The summed E-state index contributed by atoms with van der Waals surface area (Å²) in [7, 11) is 0. The van der Waals surface area contributed by atoms with Gasteiger partial charge in [0.25, 0.3) is 0 Å². The van der Waals surface area contributed by atoms with Crippen LogP contribution in [0.2, 0.25) is 0 Å². The first-order valence-corrected chi connectivity index (χ1v) is 20.3.